The number of hydrogen-bond donors (Lipinski definition) is 3. The highest BCUT2D eigenvalue weighted by molar-refractivity contribution is 5.93. The first-order valence-electron chi connectivity index (χ1n) is 6.82. The van der Waals surface area contributed by atoms with E-state index >= 15 is 0 Å². The van der Waals surface area contributed by atoms with E-state index in [2.05, 4.69) is 5.32 Å². The standard InChI is InChI=1S/C13H15F2NO5/c14-13(15)7(11(13)2-1-3-11)8(17)16-12(10(20)21)4-6(5-12)9(18)19/h6-7H,1-5H2,(H,16,17)(H,18,19)(H,20,21). The van der Waals surface area contributed by atoms with Crippen molar-refractivity contribution in [1.82, 2.24) is 5.32 Å². The molecule has 0 aromatic carbocycles. The zero-order valence-corrected chi connectivity index (χ0v) is 11.1. The van der Waals surface area contributed by atoms with E-state index in [1.165, 1.54) is 0 Å². The Labute approximate surface area is 118 Å². The summed E-state index contributed by atoms with van der Waals surface area (Å²) in [4.78, 5) is 34.0. The average molecular weight is 303 g/mol. The molecule has 1 unspecified atom stereocenters. The van der Waals surface area contributed by atoms with E-state index in [1.807, 2.05) is 0 Å². The van der Waals surface area contributed by atoms with Crippen molar-refractivity contribution in [2.24, 2.45) is 17.3 Å². The van der Waals surface area contributed by atoms with Crippen molar-refractivity contribution in [1.29, 1.82) is 0 Å². The molecule has 6 nitrogen and oxygen atoms in total. The second-order valence-corrected chi connectivity index (χ2v) is 6.39. The maximum absolute atomic E-state index is 13.7. The molecule has 8 heteroatoms. The van der Waals surface area contributed by atoms with Crippen LogP contribution in [0, 0.1) is 17.3 Å². The van der Waals surface area contributed by atoms with Crippen LogP contribution >= 0.6 is 0 Å². The molecule has 1 atom stereocenters. The summed E-state index contributed by atoms with van der Waals surface area (Å²) < 4.78 is 27.5. The number of carbonyl (C=O) groups excluding carboxylic acids is 1. The van der Waals surface area contributed by atoms with Crippen LogP contribution in [-0.4, -0.2) is 39.5 Å². The largest absolute Gasteiger partial charge is 0.481 e. The van der Waals surface area contributed by atoms with Gasteiger partial charge in [0.05, 0.1) is 11.3 Å². The van der Waals surface area contributed by atoms with Gasteiger partial charge in [-0.2, -0.15) is 0 Å². The van der Waals surface area contributed by atoms with Gasteiger partial charge >= 0.3 is 11.9 Å². The van der Waals surface area contributed by atoms with Gasteiger partial charge in [-0.1, -0.05) is 6.42 Å². The molecule has 0 aliphatic heterocycles. The van der Waals surface area contributed by atoms with Gasteiger partial charge in [-0.15, -0.1) is 0 Å². The Morgan fingerprint density at radius 1 is 1.10 bits per heavy atom. The van der Waals surface area contributed by atoms with Crippen LogP contribution in [0.15, 0.2) is 0 Å². The van der Waals surface area contributed by atoms with Gasteiger partial charge in [-0.05, 0) is 25.7 Å². The molecular weight excluding hydrogens is 288 g/mol. The molecule has 0 radical (unpaired) electrons. The Bertz CT molecular complexity index is 537. The molecule has 0 bridgehead atoms. The molecule has 0 aromatic heterocycles. The number of carbonyl (C=O) groups is 3. The first-order chi connectivity index (χ1) is 9.66. The molecule has 0 aromatic rings. The summed E-state index contributed by atoms with van der Waals surface area (Å²) in [6, 6.07) is 0. The molecule has 0 heterocycles. The van der Waals surface area contributed by atoms with Crippen LogP contribution in [0.4, 0.5) is 8.78 Å². The lowest BCUT2D eigenvalue weighted by molar-refractivity contribution is -0.162. The number of amides is 1. The highest BCUT2D eigenvalue weighted by atomic mass is 19.3. The number of nitrogens with one attached hydrogen (secondary N) is 1. The molecule has 3 N–H and O–H groups in total. The third-order valence-electron chi connectivity index (χ3n) is 5.31. The zero-order valence-electron chi connectivity index (χ0n) is 11.1. The van der Waals surface area contributed by atoms with Gasteiger partial charge in [-0.25, -0.2) is 13.6 Å². The molecular formula is C13H15F2NO5. The highest BCUT2D eigenvalue weighted by Gasteiger charge is 2.85. The minimum atomic E-state index is -3.08. The van der Waals surface area contributed by atoms with E-state index in [9.17, 15) is 28.3 Å². The van der Waals surface area contributed by atoms with Gasteiger partial charge < -0.3 is 15.5 Å². The number of alkyl halides is 2. The molecule has 116 valence electrons. The Balaban J connectivity index is 1.70. The number of aliphatic carboxylic acids is 2. The molecule has 3 aliphatic rings. The lowest BCUT2D eigenvalue weighted by Gasteiger charge is -2.42. The van der Waals surface area contributed by atoms with Gasteiger partial charge in [0.25, 0.3) is 5.92 Å². The molecule has 21 heavy (non-hydrogen) atoms. The van der Waals surface area contributed by atoms with Gasteiger partial charge in [0.15, 0.2) is 0 Å². The molecule has 3 aliphatic carbocycles. The van der Waals surface area contributed by atoms with E-state index < -0.39 is 46.6 Å². The first kappa shape index (κ1) is 14.2. The van der Waals surface area contributed by atoms with E-state index in [4.69, 9.17) is 5.11 Å². The highest BCUT2D eigenvalue weighted by Crippen LogP contribution is 2.75. The van der Waals surface area contributed by atoms with Crippen molar-refractivity contribution < 1.29 is 33.4 Å². The van der Waals surface area contributed by atoms with Crippen LogP contribution in [0.5, 0.6) is 0 Å². The van der Waals surface area contributed by atoms with Crippen LogP contribution in [0.3, 0.4) is 0 Å². The molecule has 1 spiro atoms. The number of rotatable bonds is 4. The number of carboxylic acids is 2. The van der Waals surface area contributed by atoms with Crippen molar-refractivity contribution in [3.8, 4) is 0 Å². The molecule has 1 amide bonds. The lowest BCUT2D eigenvalue weighted by atomic mass is 9.68. The van der Waals surface area contributed by atoms with E-state index in [0.29, 0.717) is 6.42 Å². The van der Waals surface area contributed by atoms with E-state index in [1.54, 1.807) is 0 Å². The Morgan fingerprint density at radius 3 is 2.00 bits per heavy atom. The fraction of sp³-hybridized carbons (Fsp3) is 0.769. The summed E-state index contributed by atoms with van der Waals surface area (Å²) in [5.74, 6) is -8.90. The zero-order chi connectivity index (χ0) is 15.6. The van der Waals surface area contributed by atoms with E-state index in [0.717, 1.165) is 0 Å². The normalized spacial score (nSPS) is 38.0. The van der Waals surface area contributed by atoms with Gasteiger partial charge in [-0.3, -0.25) is 9.59 Å². The summed E-state index contributed by atoms with van der Waals surface area (Å²) >= 11 is 0. The fourth-order valence-corrected chi connectivity index (χ4v) is 3.70. The van der Waals surface area contributed by atoms with Gasteiger partial charge in [0.2, 0.25) is 5.91 Å². The molecule has 0 saturated heterocycles. The van der Waals surface area contributed by atoms with Crippen molar-refractivity contribution >= 4 is 17.8 Å². The minimum Gasteiger partial charge on any atom is -0.481 e. The third kappa shape index (κ3) is 1.64. The van der Waals surface area contributed by atoms with Crippen LogP contribution in [-0.2, 0) is 14.4 Å². The molecule has 3 fully saturated rings. The van der Waals surface area contributed by atoms with Crippen LogP contribution < -0.4 is 5.32 Å². The second kappa shape index (κ2) is 3.92. The van der Waals surface area contributed by atoms with Crippen molar-refractivity contribution in [3.63, 3.8) is 0 Å². The molecule has 3 saturated carbocycles. The third-order valence-corrected chi connectivity index (χ3v) is 5.31. The van der Waals surface area contributed by atoms with Crippen LogP contribution in [0.1, 0.15) is 32.1 Å². The fourth-order valence-electron chi connectivity index (χ4n) is 3.70. The second-order valence-electron chi connectivity index (χ2n) is 6.39. The SMILES string of the molecule is O=C(O)C1CC(NC(=O)C2C(F)(F)C23CCC3)(C(=O)O)C1. The predicted octanol–water partition coefficient (Wildman–Crippen LogP) is 0.856. The lowest BCUT2D eigenvalue weighted by Crippen LogP contribution is -2.64. The van der Waals surface area contributed by atoms with Gasteiger partial charge in [0, 0.05) is 0 Å². The van der Waals surface area contributed by atoms with Crippen molar-refractivity contribution in [3.05, 3.63) is 0 Å². The predicted molar refractivity (Wildman–Crippen MR) is 63.6 cm³/mol. The Morgan fingerprint density at radius 2 is 1.67 bits per heavy atom. The van der Waals surface area contributed by atoms with Crippen LogP contribution in [0.2, 0.25) is 0 Å². The maximum Gasteiger partial charge on any atom is 0.329 e. The quantitative estimate of drug-likeness (QED) is 0.714. The number of hydrogen-bond acceptors (Lipinski definition) is 3. The topological polar surface area (TPSA) is 104 Å². The molecule has 3 rings (SSSR count). The van der Waals surface area contributed by atoms with E-state index in [-0.39, 0.29) is 25.7 Å². The summed E-state index contributed by atoms with van der Waals surface area (Å²) in [6.07, 6.45) is 0.653. The smallest absolute Gasteiger partial charge is 0.329 e. The minimum absolute atomic E-state index is 0.269. The first-order valence-corrected chi connectivity index (χ1v) is 6.82. The average Bonchev–Trinajstić information content (AvgIpc) is 2.79. The monoisotopic (exact) mass is 303 g/mol. The van der Waals surface area contributed by atoms with Gasteiger partial charge in [0.1, 0.15) is 11.5 Å². The maximum atomic E-state index is 13.7. The Hall–Kier alpha value is -1.73. The summed E-state index contributed by atoms with van der Waals surface area (Å²) in [7, 11) is 0. The van der Waals surface area contributed by atoms with Crippen molar-refractivity contribution in [2.75, 3.05) is 0 Å². The number of halogens is 2. The summed E-state index contributed by atoms with van der Waals surface area (Å²) in [5, 5.41) is 20.1. The van der Waals surface area contributed by atoms with Crippen LogP contribution in [0.25, 0.3) is 0 Å². The Kier molecular flexibility index (Phi) is 2.66. The summed E-state index contributed by atoms with van der Waals surface area (Å²) in [6.45, 7) is 0. The van der Waals surface area contributed by atoms with Crippen molar-refractivity contribution in [2.45, 2.75) is 43.6 Å². The number of carboxylic acid groups (broad SMARTS) is 2. The summed E-state index contributed by atoms with van der Waals surface area (Å²) in [5.41, 5.74) is -3.00.